The molecule has 17 heavy (non-hydrogen) atoms. The third kappa shape index (κ3) is 2.37. The second-order valence-electron chi connectivity index (χ2n) is 3.45. The van der Waals surface area contributed by atoms with Crippen LogP contribution in [0, 0.1) is 11.3 Å². The molecule has 0 aliphatic carbocycles. The van der Waals surface area contributed by atoms with Gasteiger partial charge in [-0.15, -0.1) is 0 Å². The standard InChI is InChI=1S/C10H14N4O3/c1-14-9(12)7(10(16)17-2)8(13-14)6(5-11)3-4-15/h6,15H,3-4,12H2,1-2H3. The Hall–Kier alpha value is -2.07. The Morgan fingerprint density at radius 1 is 1.76 bits per heavy atom. The van der Waals surface area contributed by atoms with Crippen molar-refractivity contribution in [3.05, 3.63) is 11.3 Å². The van der Waals surface area contributed by atoms with Gasteiger partial charge in [0, 0.05) is 13.7 Å². The van der Waals surface area contributed by atoms with Gasteiger partial charge in [-0.2, -0.15) is 10.4 Å². The van der Waals surface area contributed by atoms with Crippen molar-refractivity contribution in [3.8, 4) is 6.07 Å². The zero-order valence-electron chi connectivity index (χ0n) is 9.67. The highest BCUT2D eigenvalue weighted by atomic mass is 16.5. The molecule has 1 atom stereocenters. The average Bonchev–Trinajstić information content (AvgIpc) is 2.62. The number of nitrogens with two attached hydrogens (primary N) is 1. The molecule has 0 spiro atoms. The number of aromatic nitrogens is 2. The number of aliphatic hydroxyl groups excluding tert-OH is 1. The molecule has 7 heteroatoms. The molecule has 0 fully saturated rings. The van der Waals surface area contributed by atoms with Crippen LogP contribution in [0.25, 0.3) is 0 Å². The first-order chi connectivity index (χ1) is 8.06. The molecule has 1 heterocycles. The van der Waals surface area contributed by atoms with Crippen molar-refractivity contribution in [2.75, 3.05) is 19.5 Å². The molecule has 0 aliphatic heterocycles. The van der Waals surface area contributed by atoms with Crippen LogP contribution in [0.3, 0.4) is 0 Å². The molecule has 0 saturated heterocycles. The number of carbonyl (C=O) groups excluding carboxylic acids is 1. The first kappa shape index (κ1) is 13.0. The fourth-order valence-electron chi connectivity index (χ4n) is 1.51. The van der Waals surface area contributed by atoms with E-state index in [2.05, 4.69) is 9.84 Å². The zero-order chi connectivity index (χ0) is 13.0. The highest BCUT2D eigenvalue weighted by Gasteiger charge is 2.27. The van der Waals surface area contributed by atoms with Gasteiger partial charge in [0.2, 0.25) is 0 Å². The number of carbonyl (C=O) groups is 1. The molecule has 92 valence electrons. The molecule has 1 aromatic heterocycles. The first-order valence-corrected chi connectivity index (χ1v) is 4.98. The summed E-state index contributed by atoms with van der Waals surface area (Å²) in [5.74, 6) is -1.17. The lowest BCUT2D eigenvalue weighted by molar-refractivity contribution is 0.0600. The van der Waals surface area contributed by atoms with Crippen molar-refractivity contribution >= 4 is 11.8 Å². The van der Waals surface area contributed by atoms with Crippen LogP contribution in [0.5, 0.6) is 0 Å². The van der Waals surface area contributed by atoms with Gasteiger partial charge in [0.1, 0.15) is 11.4 Å². The summed E-state index contributed by atoms with van der Waals surface area (Å²) in [6.07, 6.45) is 0.191. The van der Waals surface area contributed by atoms with E-state index < -0.39 is 11.9 Å². The van der Waals surface area contributed by atoms with Gasteiger partial charge in [-0.05, 0) is 6.42 Å². The molecule has 1 rings (SSSR count). The van der Waals surface area contributed by atoms with Crippen molar-refractivity contribution < 1.29 is 14.6 Å². The minimum absolute atomic E-state index is 0.0926. The SMILES string of the molecule is COC(=O)c1c(C(C#N)CCO)nn(C)c1N. The fourth-order valence-corrected chi connectivity index (χ4v) is 1.51. The predicted molar refractivity (Wildman–Crippen MR) is 59.0 cm³/mol. The van der Waals surface area contributed by atoms with E-state index in [-0.39, 0.29) is 30.1 Å². The third-order valence-electron chi connectivity index (χ3n) is 2.41. The third-order valence-corrected chi connectivity index (χ3v) is 2.41. The number of esters is 1. The summed E-state index contributed by atoms with van der Waals surface area (Å²) in [5.41, 5.74) is 6.03. The highest BCUT2D eigenvalue weighted by Crippen LogP contribution is 2.26. The Kier molecular flexibility index (Phi) is 4.06. The Morgan fingerprint density at radius 3 is 2.88 bits per heavy atom. The maximum atomic E-state index is 11.6. The van der Waals surface area contributed by atoms with E-state index in [0.29, 0.717) is 0 Å². The molecule has 7 nitrogen and oxygen atoms in total. The number of aliphatic hydroxyl groups is 1. The monoisotopic (exact) mass is 238 g/mol. The van der Waals surface area contributed by atoms with Gasteiger partial charge < -0.3 is 15.6 Å². The van der Waals surface area contributed by atoms with Crippen LogP contribution >= 0.6 is 0 Å². The predicted octanol–water partition coefficient (Wildman–Crippen LogP) is -0.222. The molecule has 1 unspecified atom stereocenters. The van der Waals surface area contributed by atoms with Crippen LogP contribution in [0.4, 0.5) is 5.82 Å². The minimum atomic E-state index is -0.683. The second kappa shape index (κ2) is 5.32. The Morgan fingerprint density at radius 2 is 2.41 bits per heavy atom. The van der Waals surface area contributed by atoms with Crippen LogP contribution in [-0.2, 0) is 11.8 Å². The lowest BCUT2D eigenvalue weighted by Gasteiger charge is -2.05. The number of nitrogens with zero attached hydrogens (tertiary/aromatic N) is 3. The van der Waals surface area contributed by atoms with Crippen molar-refractivity contribution in [1.82, 2.24) is 9.78 Å². The molecule has 0 aromatic carbocycles. The summed E-state index contributed by atoms with van der Waals surface area (Å²) in [6.45, 7) is -0.171. The van der Waals surface area contributed by atoms with Crippen molar-refractivity contribution in [1.29, 1.82) is 5.26 Å². The second-order valence-corrected chi connectivity index (χ2v) is 3.45. The summed E-state index contributed by atoms with van der Waals surface area (Å²) < 4.78 is 5.91. The Balaban J connectivity index is 3.28. The minimum Gasteiger partial charge on any atom is -0.465 e. The van der Waals surface area contributed by atoms with Gasteiger partial charge in [-0.25, -0.2) is 4.79 Å². The van der Waals surface area contributed by atoms with Gasteiger partial charge >= 0.3 is 5.97 Å². The number of rotatable bonds is 4. The number of methoxy groups -OCH3 is 1. The van der Waals surface area contributed by atoms with Crippen molar-refractivity contribution in [3.63, 3.8) is 0 Å². The lowest BCUT2D eigenvalue weighted by Crippen LogP contribution is -2.10. The summed E-state index contributed by atoms with van der Waals surface area (Å²) >= 11 is 0. The smallest absolute Gasteiger partial charge is 0.343 e. The van der Waals surface area contributed by atoms with Gasteiger partial charge in [0.05, 0.1) is 24.8 Å². The van der Waals surface area contributed by atoms with Crippen LogP contribution in [0.1, 0.15) is 28.4 Å². The van der Waals surface area contributed by atoms with Gasteiger partial charge in [-0.3, -0.25) is 4.68 Å². The summed E-state index contributed by atoms with van der Waals surface area (Å²) in [7, 11) is 2.80. The largest absolute Gasteiger partial charge is 0.465 e. The number of hydrogen-bond acceptors (Lipinski definition) is 6. The first-order valence-electron chi connectivity index (χ1n) is 4.98. The number of hydrogen-bond donors (Lipinski definition) is 2. The van der Waals surface area contributed by atoms with E-state index in [1.807, 2.05) is 6.07 Å². The van der Waals surface area contributed by atoms with Gasteiger partial charge in [-0.1, -0.05) is 0 Å². The number of anilines is 1. The molecular formula is C10H14N4O3. The molecule has 0 aliphatic rings. The van der Waals surface area contributed by atoms with E-state index in [0.717, 1.165) is 0 Å². The maximum Gasteiger partial charge on any atom is 0.343 e. The Bertz CT molecular complexity index is 461. The molecule has 0 amide bonds. The number of nitriles is 1. The van der Waals surface area contributed by atoms with Crippen LogP contribution < -0.4 is 5.73 Å². The molecule has 1 aromatic rings. The van der Waals surface area contributed by atoms with E-state index >= 15 is 0 Å². The Labute approximate surface area is 98.4 Å². The van der Waals surface area contributed by atoms with Crippen LogP contribution in [0.2, 0.25) is 0 Å². The topological polar surface area (TPSA) is 114 Å². The number of nitrogen functional groups attached to an aromatic ring is 1. The molecule has 3 N–H and O–H groups in total. The van der Waals surface area contributed by atoms with Gasteiger partial charge in [0.25, 0.3) is 0 Å². The van der Waals surface area contributed by atoms with E-state index in [1.54, 1.807) is 7.05 Å². The molecule has 0 saturated carbocycles. The van der Waals surface area contributed by atoms with E-state index in [4.69, 9.17) is 16.1 Å². The summed E-state index contributed by atoms with van der Waals surface area (Å²) in [6, 6.07) is 1.98. The normalized spacial score (nSPS) is 11.9. The molecule has 0 bridgehead atoms. The number of aryl methyl sites for hydroxylation is 1. The summed E-state index contributed by atoms with van der Waals surface area (Å²) in [5, 5.41) is 21.9. The van der Waals surface area contributed by atoms with Crippen LogP contribution in [0.15, 0.2) is 0 Å². The van der Waals surface area contributed by atoms with Gasteiger partial charge in [0.15, 0.2) is 0 Å². The average molecular weight is 238 g/mol. The fraction of sp³-hybridized carbons (Fsp3) is 0.500. The molecule has 0 radical (unpaired) electrons. The van der Waals surface area contributed by atoms with Crippen molar-refractivity contribution in [2.45, 2.75) is 12.3 Å². The summed E-state index contributed by atoms with van der Waals surface area (Å²) in [4.78, 5) is 11.6. The maximum absolute atomic E-state index is 11.6. The van der Waals surface area contributed by atoms with Crippen molar-refractivity contribution in [2.24, 2.45) is 7.05 Å². The van der Waals surface area contributed by atoms with E-state index in [1.165, 1.54) is 11.8 Å². The highest BCUT2D eigenvalue weighted by molar-refractivity contribution is 5.95. The lowest BCUT2D eigenvalue weighted by atomic mass is 10.00. The number of ether oxygens (including phenoxy) is 1. The molecular weight excluding hydrogens is 224 g/mol. The quantitative estimate of drug-likeness (QED) is 0.701. The van der Waals surface area contributed by atoms with Crippen LogP contribution in [-0.4, -0.2) is 34.6 Å². The van der Waals surface area contributed by atoms with E-state index in [9.17, 15) is 4.79 Å². The zero-order valence-corrected chi connectivity index (χ0v) is 9.67.